The summed E-state index contributed by atoms with van der Waals surface area (Å²) in [7, 11) is 0. The Hall–Kier alpha value is -4.86. The molecule has 4 aliphatic rings. The number of nitro benzene ring substituents is 1. The van der Waals surface area contributed by atoms with Crippen LogP contribution in [0.15, 0.2) is 91.0 Å². The lowest BCUT2D eigenvalue weighted by Crippen LogP contribution is -2.52. The second-order valence-electron chi connectivity index (χ2n) is 11.0. The fourth-order valence-corrected chi connectivity index (χ4v) is 7.23. The van der Waals surface area contributed by atoms with E-state index in [1.807, 2.05) is 48.5 Å². The van der Waals surface area contributed by atoms with Crippen LogP contribution in [0.1, 0.15) is 54.8 Å². The van der Waals surface area contributed by atoms with Crippen molar-refractivity contribution >= 4 is 52.4 Å². The van der Waals surface area contributed by atoms with E-state index in [1.165, 1.54) is 36.4 Å². The lowest BCUT2D eigenvalue weighted by Gasteiger charge is -2.45. The lowest BCUT2D eigenvalue weighted by atomic mass is 9.55. The minimum atomic E-state index is -0.829. The van der Waals surface area contributed by atoms with Crippen LogP contribution in [0.2, 0.25) is 10.0 Å². The highest BCUT2D eigenvalue weighted by Gasteiger charge is 2.63. The quantitative estimate of drug-likeness (QED) is 0.112. The van der Waals surface area contributed by atoms with Gasteiger partial charge in [0.05, 0.1) is 26.8 Å². The van der Waals surface area contributed by atoms with Gasteiger partial charge in [0.25, 0.3) is 23.4 Å². The maximum Gasteiger partial charge on any atom is 0.273 e. The van der Waals surface area contributed by atoms with Gasteiger partial charge in [-0.05, 0) is 40.5 Å². The molecule has 1 saturated heterocycles. The van der Waals surface area contributed by atoms with E-state index >= 15 is 0 Å². The number of hydrogen-bond acceptors (Lipinski definition) is 6. The van der Waals surface area contributed by atoms with Crippen molar-refractivity contribution in [2.24, 2.45) is 11.8 Å². The molecule has 0 aromatic heterocycles. The van der Waals surface area contributed by atoms with Crippen molar-refractivity contribution < 1.29 is 24.1 Å². The standard InChI is InChI=1S/C33H21Cl2N3O6/c34-24-13-12-18(15-25(24)35)31(40)36(16-26(39)17-6-5-7-19(14-17)38(43)44)37-32(41)29-27-20-8-1-2-9-21(20)28(30(29)33(37)42)23-11-4-3-10-22(23)27/h1-15,27-30H,16H2/t27?,28?,29-,30-/m0/s1. The molecule has 2 bridgehead atoms. The maximum absolute atomic E-state index is 14.4. The number of ketones is 1. The van der Waals surface area contributed by atoms with Gasteiger partial charge in [-0.25, -0.2) is 5.01 Å². The summed E-state index contributed by atoms with van der Waals surface area (Å²) < 4.78 is 0. The van der Waals surface area contributed by atoms with Crippen molar-refractivity contribution in [3.05, 3.63) is 145 Å². The number of nitrogens with zero attached hydrogens (tertiary/aromatic N) is 3. The van der Waals surface area contributed by atoms with E-state index in [9.17, 15) is 29.3 Å². The van der Waals surface area contributed by atoms with Crippen molar-refractivity contribution in [2.75, 3.05) is 6.54 Å². The highest BCUT2D eigenvalue weighted by atomic mass is 35.5. The normalized spacial score (nSPS) is 21.0. The highest BCUT2D eigenvalue weighted by Crippen LogP contribution is 2.61. The van der Waals surface area contributed by atoms with Gasteiger partial charge < -0.3 is 0 Å². The molecule has 0 N–H and O–H groups in total. The van der Waals surface area contributed by atoms with Crippen molar-refractivity contribution in [1.29, 1.82) is 0 Å². The van der Waals surface area contributed by atoms with Crippen molar-refractivity contribution in [3.63, 3.8) is 0 Å². The van der Waals surface area contributed by atoms with Crippen LogP contribution in [0.3, 0.4) is 0 Å². The number of benzene rings is 4. The van der Waals surface area contributed by atoms with E-state index in [1.54, 1.807) is 0 Å². The van der Waals surface area contributed by atoms with Crippen LogP contribution in [0.4, 0.5) is 5.69 Å². The van der Waals surface area contributed by atoms with E-state index in [0.717, 1.165) is 38.3 Å². The van der Waals surface area contributed by atoms with Crippen LogP contribution in [-0.4, -0.2) is 45.0 Å². The molecule has 44 heavy (non-hydrogen) atoms. The van der Waals surface area contributed by atoms with Gasteiger partial charge in [-0.15, -0.1) is 0 Å². The summed E-state index contributed by atoms with van der Waals surface area (Å²) in [6, 6.07) is 24.6. The highest BCUT2D eigenvalue weighted by molar-refractivity contribution is 6.42. The fourth-order valence-electron chi connectivity index (χ4n) is 6.93. The van der Waals surface area contributed by atoms with Crippen LogP contribution in [0.5, 0.6) is 0 Å². The SMILES string of the molecule is O=C(CN(C(=O)c1ccc(Cl)c(Cl)c1)N1C(=O)[C@H]2C3c4ccccc4C(c4ccccc43)[C@@H]2C1=O)c1cccc([N+](=O)[O-])c1. The van der Waals surface area contributed by atoms with Crippen LogP contribution in [0, 0.1) is 22.0 Å². The number of carbonyl (C=O) groups excluding carboxylic acids is 4. The summed E-state index contributed by atoms with van der Waals surface area (Å²) in [4.78, 5) is 67.1. The largest absolute Gasteiger partial charge is 0.292 e. The number of carbonyl (C=O) groups is 4. The molecule has 11 heteroatoms. The number of hydrogen-bond donors (Lipinski definition) is 0. The van der Waals surface area contributed by atoms with Gasteiger partial charge in [-0.2, -0.15) is 5.01 Å². The van der Waals surface area contributed by atoms with Gasteiger partial charge >= 0.3 is 0 Å². The van der Waals surface area contributed by atoms with E-state index in [4.69, 9.17) is 23.2 Å². The number of Topliss-reactive ketones (excluding diaryl/α,β-unsaturated/α-hetero) is 1. The van der Waals surface area contributed by atoms with Crippen LogP contribution < -0.4 is 0 Å². The molecule has 1 heterocycles. The Labute approximate surface area is 260 Å². The summed E-state index contributed by atoms with van der Waals surface area (Å²) in [5.74, 6) is -5.17. The predicted octanol–water partition coefficient (Wildman–Crippen LogP) is 6.03. The lowest BCUT2D eigenvalue weighted by molar-refractivity contribution is -0.384. The number of rotatable bonds is 6. The minimum Gasteiger partial charge on any atom is -0.292 e. The van der Waals surface area contributed by atoms with Gasteiger partial charge in [-0.1, -0.05) is 83.9 Å². The molecule has 218 valence electrons. The number of imide groups is 1. The van der Waals surface area contributed by atoms with Crippen molar-refractivity contribution in [3.8, 4) is 0 Å². The minimum absolute atomic E-state index is 0.00346. The molecule has 2 atom stereocenters. The molecule has 0 unspecified atom stereocenters. The fraction of sp³-hybridized carbons (Fsp3) is 0.152. The Kier molecular flexibility index (Phi) is 6.60. The monoisotopic (exact) mass is 625 g/mol. The van der Waals surface area contributed by atoms with Crippen LogP contribution >= 0.6 is 23.2 Å². The third-order valence-corrected chi connectivity index (χ3v) is 9.48. The van der Waals surface area contributed by atoms with Gasteiger partial charge in [0.15, 0.2) is 5.78 Å². The Morgan fingerprint density at radius 3 is 1.77 bits per heavy atom. The van der Waals surface area contributed by atoms with Gasteiger partial charge in [-0.3, -0.25) is 29.3 Å². The Morgan fingerprint density at radius 2 is 1.27 bits per heavy atom. The third-order valence-electron chi connectivity index (χ3n) is 8.74. The van der Waals surface area contributed by atoms with Crippen LogP contribution in [-0.2, 0) is 9.59 Å². The molecule has 4 aromatic carbocycles. The van der Waals surface area contributed by atoms with Crippen LogP contribution in [0.25, 0.3) is 0 Å². The first-order valence-corrected chi connectivity index (χ1v) is 14.5. The first-order chi connectivity index (χ1) is 21.2. The molecule has 0 radical (unpaired) electrons. The Balaban J connectivity index is 1.33. The second kappa shape index (κ2) is 10.4. The Morgan fingerprint density at radius 1 is 0.727 bits per heavy atom. The molecular weight excluding hydrogens is 605 g/mol. The number of nitro groups is 1. The topological polar surface area (TPSA) is 118 Å². The van der Waals surface area contributed by atoms with E-state index in [0.29, 0.717) is 0 Å². The summed E-state index contributed by atoms with van der Waals surface area (Å²) >= 11 is 12.3. The molecule has 4 aromatic rings. The predicted molar refractivity (Wildman–Crippen MR) is 160 cm³/mol. The molecule has 3 amide bonds. The third kappa shape index (κ3) is 4.15. The molecule has 9 nitrogen and oxygen atoms in total. The first kappa shape index (κ1) is 27.9. The second-order valence-corrected chi connectivity index (χ2v) is 11.8. The number of amides is 3. The zero-order chi connectivity index (χ0) is 30.9. The molecular formula is C33H21Cl2N3O6. The molecule has 8 rings (SSSR count). The molecule has 1 fully saturated rings. The number of non-ortho nitro benzene ring substituents is 1. The van der Waals surface area contributed by atoms with Crippen molar-refractivity contribution in [1.82, 2.24) is 10.0 Å². The summed E-state index contributed by atoms with van der Waals surface area (Å²) in [5, 5.41) is 13.2. The van der Waals surface area contributed by atoms with Crippen molar-refractivity contribution in [2.45, 2.75) is 11.8 Å². The maximum atomic E-state index is 14.4. The van der Waals surface area contributed by atoms with Gasteiger partial charge in [0, 0.05) is 35.1 Å². The molecule has 0 saturated carbocycles. The van der Waals surface area contributed by atoms with E-state index < -0.39 is 58.6 Å². The summed E-state index contributed by atoms with van der Waals surface area (Å²) in [6.07, 6.45) is 0. The molecule has 3 aliphatic carbocycles. The summed E-state index contributed by atoms with van der Waals surface area (Å²) in [6.45, 7) is -0.730. The zero-order valence-corrected chi connectivity index (χ0v) is 24.2. The van der Waals surface area contributed by atoms with E-state index in [2.05, 4.69) is 0 Å². The molecule has 0 spiro atoms. The van der Waals surface area contributed by atoms with Gasteiger partial charge in [0.2, 0.25) is 0 Å². The first-order valence-electron chi connectivity index (χ1n) is 13.8. The van der Waals surface area contributed by atoms with E-state index in [-0.39, 0.29) is 26.9 Å². The zero-order valence-electron chi connectivity index (χ0n) is 22.7. The summed E-state index contributed by atoms with van der Waals surface area (Å²) in [5.41, 5.74) is 3.44. The van der Waals surface area contributed by atoms with Gasteiger partial charge in [0.1, 0.15) is 6.54 Å². The average Bonchev–Trinajstić information content (AvgIpc) is 3.30. The number of halogens is 2. The smallest absolute Gasteiger partial charge is 0.273 e. The number of hydrazine groups is 1. The Bertz CT molecular complexity index is 1830. The molecule has 1 aliphatic heterocycles. The average molecular weight is 626 g/mol.